The Morgan fingerprint density at radius 1 is 1.15 bits per heavy atom. The van der Waals surface area contributed by atoms with Gasteiger partial charge in [0.1, 0.15) is 11.9 Å². The largest absolute Gasteiger partial charge is 0.442 e. The van der Waals surface area contributed by atoms with Crippen LogP contribution in [-0.2, 0) is 14.3 Å². The van der Waals surface area contributed by atoms with Gasteiger partial charge in [0.25, 0.3) is 0 Å². The first-order valence-corrected chi connectivity index (χ1v) is 11.0. The molecular formula is C25H26FN3O4. The minimum atomic E-state index is -0.572. The molecule has 0 aliphatic carbocycles. The van der Waals surface area contributed by atoms with Crippen LogP contribution >= 0.6 is 0 Å². The average Bonchev–Trinajstić information content (AvgIpc) is 3.46. The van der Waals surface area contributed by atoms with Gasteiger partial charge in [0.05, 0.1) is 18.8 Å². The molecule has 1 atom stereocenters. The number of anilines is 1. The number of hydrogen-bond donors (Lipinski definition) is 1. The van der Waals surface area contributed by atoms with Crippen molar-refractivity contribution < 1.29 is 23.5 Å². The zero-order valence-corrected chi connectivity index (χ0v) is 18.4. The summed E-state index contributed by atoms with van der Waals surface area (Å²) in [4.78, 5) is 38.5. The van der Waals surface area contributed by atoms with Crippen LogP contribution in [0.15, 0.2) is 48.5 Å². The third-order valence-corrected chi connectivity index (χ3v) is 5.77. The average molecular weight is 451 g/mol. The molecule has 0 spiro atoms. The maximum absolute atomic E-state index is 14.9. The summed E-state index contributed by atoms with van der Waals surface area (Å²) in [5.74, 6) is -0.657. The molecule has 172 valence electrons. The van der Waals surface area contributed by atoms with E-state index in [1.165, 1.54) is 17.9 Å². The number of carbonyl (C=O) groups is 3. The number of nitrogens with one attached hydrogen (secondary N) is 1. The van der Waals surface area contributed by atoms with Crippen LogP contribution in [-0.4, -0.2) is 55.1 Å². The van der Waals surface area contributed by atoms with Crippen molar-refractivity contribution in [2.75, 3.05) is 31.1 Å². The van der Waals surface area contributed by atoms with Crippen LogP contribution in [0.4, 0.5) is 14.9 Å². The van der Waals surface area contributed by atoms with E-state index < -0.39 is 18.0 Å². The van der Waals surface area contributed by atoms with E-state index in [2.05, 4.69) is 5.32 Å². The number of cyclic esters (lactones) is 1. The second-order valence-corrected chi connectivity index (χ2v) is 8.21. The van der Waals surface area contributed by atoms with Gasteiger partial charge in [0.2, 0.25) is 11.8 Å². The van der Waals surface area contributed by atoms with E-state index in [0.717, 1.165) is 31.5 Å². The molecular weight excluding hydrogens is 425 g/mol. The summed E-state index contributed by atoms with van der Waals surface area (Å²) < 4.78 is 20.1. The maximum Gasteiger partial charge on any atom is 0.414 e. The van der Waals surface area contributed by atoms with Crippen molar-refractivity contribution >= 4 is 29.7 Å². The third-order valence-electron chi connectivity index (χ3n) is 5.77. The summed E-state index contributed by atoms with van der Waals surface area (Å²) in [5, 5.41) is 2.61. The molecule has 2 aromatic carbocycles. The summed E-state index contributed by atoms with van der Waals surface area (Å²) in [6.45, 7) is 3.45. The first kappa shape index (κ1) is 22.5. The zero-order valence-electron chi connectivity index (χ0n) is 18.4. The normalized spacial score (nSPS) is 18.1. The molecule has 4 rings (SSSR count). The number of rotatable bonds is 6. The standard InChI is InChI=1S/C25H26FN3O4/c1-17(30)27-15-21-16-29(25(32)33-21)20-9-10-22(23(26)14-20)19-7-4-18(5-8-19)6-11-24(31)28-12-2-3-13-28/h4-11,14,21H,2-3,12-13,15-16H2,1H3,(H,27,30)/b11-6+/t21-/m0/s1. The zero-order chi connectivity index (χ0) is 23.4. The van der Waals surface area contributed by atoms with E-state index in [-0.39, 0.29) is 24.9 Å². The van der Waals surface area contributed by atoms with E-state index in [1.54, 1.807) is 36.4 Å². The molecule has 2 fully saturated rings. The molecule has 2 heterocycles. The Hall–Kier alpha value is -3.68. The van der Waals surface area contributed by atoms with Crippen LogP contribution in [0.5, 0.6) is 0 Å². The maximum atomic E-state index is 14.9. The predicted molar refractivity (Wildman–Crippen MR) is 123 cm³/mol. The molecule has 0 saturated carbocycles. The van der Waals surface area contributed by atoms with Gasteiger partial charge in [-0.2, -0.15) is 0 Å². The van der Waals surface area contributed by atoms with E-state index in [1.807, 2.05) is 17.0 Å². The summed E-state index contributed by atoms with van der Waals surface area (Å²) in [5.41, 5.74) is 2.35. The Morgan fingerprint density at radius 3 is 2.55 bits per heavy atom. The highest BCUT2D eigenvalue weighted by Gasteiger charge is 2.32. The van der Waals surface area contributed by atoms with Gasteiger partial charge in [0.15, 0.2) is 0 Å². The van der Waals surface area contributed by atoms with E-state index in [0.29, 0.717) is 16.8 Å². The summed E-state index contributed by atoms with van der Waals surface area (Å²) in [6, 6.07) is 11.9. The number of nitrogens with zero attached hydrogens (tertiary/aromatic N) is 2. The number of carbonyl (C=O) groups excluding carboxylic acids is 3. The summed E-state index contributed by atoms with van der Waals surface area (Å²) in [6.07, 6.45) is 4.38. The van der Waals surface area contributed by atoms with Crippen LogP contribution in [0.25, 0.3) is 17.2 Å². The lowest BCUT2D eigenvalue weighted by Gasteiger charge is -2.14. The predicted octanol–water partition coefficient (Wildman–Crippen LogP) is 3.59. The molecule has 2 aliphatic rings. The monoisotopic (exact) mass is 451 g/mol. The Morgan fingerprint density at radius 2 is 1.88 bits per heavy atom. The number of benzene rings is 2. The fourth-order valence-electron chi connectivity index (χ4n) is 3.99. The molecule has 3 amide bonds. The molecule has 2 aliphatic heterocycles. The summed E-state index contributed by atoms with van der Waals surface area (Å²) in [7, 11) is 0. The number of amides is 3. The van der Waals surface area contributed by atoms with Gasteiger partial charge in [-0.3, -0.25) is 14.5 Å². The molecule has 1 N–H and O–H groups in total. The van der Waals surface area contributed by atoms with Gasteiger partial charge < -0.3 is 15.0 Å². The lowest BCUT2D eigenvalue weighted by Crippen LogP contribution is -2.33. The van der Waals surface area contributed by atoms with Gasteiger partial charge in [-0.1, -0.05) is 24.3 Å². The Bertz CT molecular complexity index is 1080. The van der Waals surface area contributed by atoms with E-state index in [4.69, 9.17) is 4.74 Å². The van der Waals surface area contributed by atoms with Gasteiger partial charge in [-0.25, -0.2) is 9.18 Å². The van der Waals surface area contributed by atoms with Gasteiger partial charge in [-0.15, -0.1) is 0 Å². The lowest BCUT2D eigenvalue weighted by atomic mass is 10.0. The Kier molecular flexibility index (Phi) is 6.72. The van der Waals surface area contributed by atoms with Crippen LogP contribution in [0.3, 0.4) is 0 Å². The van der Waals surface area contributed by atoms with Gasteiger partial charge >= 0.3 is 6.09 Å². The molecule has 7 nitrogen and oxygen atoms in total. The van der Waals surface area contributed by atoms with Crippen molar-refractivity contribution in [3.05, 3.63) is 59.9 Å². The van der Waals surface area contributed by atoms with Crippen LogP contribution in [0.1, 0.15) is 25.3 Å². The van der Waals surface area contributed by atoms with Crippen LogP contribution in [0.2, 0.25) is 0 Å². The first-order valence-electron chi connectivity index (χ1n) is 11.0. The number of halogens is 1. The fourth-order valence-corrected chi connectivity index (χ4v) is 3.99. The van der Waals surface area contributed by atoms with E-state index >= 15 is 0 Å². The van der Waals surface area contributed by atoms with Crippen molar-refractivity contribution in [3.8, 4) is 11.1 Å². The minimum Gasteiger partial charge on any atom is -0.442 e. The van der Waals surface area contributed by atoms with Crippen LogP contribution < -0.4 is 10.2 Å². The van der Waals surface area contributed by atoms with Crippen molar-refractivity contribution in [2.24, 2.45) is 0 Å². The van der Waals surface area contributed by atoms with Crippen molar-refractivity contribution in [1.82, 2.24) is 10.2 Å². The lowest BCUT2D eigenvalue weighted by molar-refractivity contribution is -0.125. The highest BCUT2D eigenvalue weighted by Crippen LogP contribution is 2.29. The quantitative estimate of drug-likeness (QED) is 0.681. The SMILES string of the molecule is CC(=O)NC[C@H]1CN(c2ccc(-c3ccc(/C=C/C(=O)N4CCCC4)cc3)c(F)c2)C(=O)O1. The van der Waals surface area contributed by atoms with Gasteiger partial charge in [0, 0.05) is 31.7 Å². The van der Waals surface area contributed by atoms with Crippen LogP contribution in [0, 0.1) is 5.82 Å². The number of likely N-dealkylation sites (tertiary alicyclic amines) is 1. The molecule has 33 heavy (non-hydrogen) atoms. The van der Waals surface area contributed by atoms with Gasteiger partial charge in [-0.05, 0) is 48.2 Å². The highest BCUT2D eigenvalue weighted by molar-refractivity contribution is 5.92. The van der Waals surface area contributed by atoms with Crippen molar-refractivity contribution in [2.45, 2.75) is 25.9 Å². The molecule has 2 saturated heterocycles. The number of hydrogen-bond acceptors (Lipinski definition) is 4. The molecule has 0 bridgehead atoms. The van der Waals surface area contributed by atoms with Crippen molar-refractivity contribution in [3.63, 3.8) is 0 Å². The Balaban J connectivity index is 1.42. The summed E-state index contributed by atoms with van der Waals surface area (Å²) >= 11 is 0. The molecule has 8 heteroatoms. The second kappa shape index (κ2) is 9.85. The smallest absolute Gasteiger partial charge is 0.414 e. The molecule has 0 unspecified atom stereocenters. The van der Waals surface area contributed by atoms with Crippen molar-refractivity contribution in [1.29, 1.82) is 0 Å². The molecule has 0 radical (unpaired) electrons. The fraction of sp³-hybridized carbons (Fsp3) is 0.320. The second-order valence-electron chi connectivity index (χ2n) is 8.21. The van der Waals surface area contributed by atoms with E-state index in [9.17, 15) is 18.8 Å². The molecule has 0 aromatic heterocycles. The topological polar surface area (TPSA) is 79.0 Å². The minimum absolute atomic E-state index is 0.0120. The first-order chi connectivity index (χ1) is 15.9. The Labute approximate surface area is 191 Å². The third kappa shape index (κ3) is 5.39. The number of ether oxygens (including phenoxy) is 1. The molecule has 2 aromatic rings. The highest BCUT2D eigenvalue weighted by atomic mass is 19.1.